The number of benzene rings is 2. The van der Waals surface area contributed by atoms with Crippen molar-refractivity contribution in [3.8, 4) is 16.9 Å². The van der Waals surface area contributed by atoms with E-state index in [0.29, 0.717) is 33.2 Å². The lowest BCUT2D eigenvalue weighted by Gasteiger charge is -2.08. The molecule has 3 rings (SSSR count). The summed E-state index contributed by atoms with van der Waals surface area (Å²) in [4.78, 5) is 12.3. The summed E-state index contributed by atoms with van der Waals surface area (Å²) in [5, 5.41) is 12.0. The highest BCUT2D eigenvalue weighted by atomic mass is 35.5. The summed E-state index contributed by atoms with van der Waals surface area (Å²) in [7, 11) is 1.87. The fourth-order valence-electron chi connectivity index (χ4n) is 2.95. The van der Waals surface area contributed by atoms with Crippen LogP contribution < -0.4 is 0 Å². The third-order valence-corrected chi connectivity index (χ3v) is 5.06. The molecule has 0 aliphatic carbocycles. The van der Waals surface area contributed by atoms with E-state index >= 15 is 0 Å². The van der Waals surface area contributed by atoms with E-state index in [9.17, 15) is 9.90 Å². The number of rotatable bonds is 3. The average molecular weight is 378 g/mol. The first-order valence-electron chi connectivity index (χ1n) is 7.79. The Bertz CT molecular complexity index is 992. The van der Waals surface area contributed by atoms with Crippen molar-refractivity contribution in [2.75, 3.05) is 6.61 Å². The zero-order chi connectivity index (χ0) is 18.3. The normalized spacial score (nSPS) is 11.1. The van der Waals surface area contributed by atoms with Gasteiger partial charge in [-0.2, -0.15) is 0 Å². The van der Waals surface area contributed by atoms with Crippen molar-refractivity contribution < 1.29 is 14.6 Å². The van der Waals surface area contributed by atoms with Gasteiger partial charge in [0.15, 0.2) is 0 Å². The Morgan fingerprint density at radius 2 is 1.92 bits per heavy atom. The lowest BCUT2D eigenvalue weighted by Crippen LogP contribution is -2.06. The number of carbonyl (C=O) groups excluding carboxylic acids is 1. The van der Waals surface area contributed by atoms with Gasteiger partial charge in [0.2, 0.25) is 0 Å². The van der Waals surface area contributed by atoms with Gasteiger partial charge in [0, 0.05) is 29.2 Å². The van der Waals surface area contributed by atoms with E-state index in [1.54, 1.807) is 31.2 Å². The largest absolute Gasteiger partial charge is 0.507 e. The van der Waals surface area contributed by atoms with Gasteiger partial charge in [-0.25, -0.2) is 4.79 Å². The zero-order valence-electron chi connectivity index (χ0n) is 14.1. The highest BCUT2D eigenvalue weighted by molar-refractivity contribution is 6.42. The Kier molecular flexibility index (Phi) is 4.67. The molecule has 0 aliphatic rings. The summed E-state index contributed by atoms with van der Waals surface area (Å²) in [6.07, 6.45) is 0. The van der Waals surface area contributed by atoms with Crippen molar-refractivity contribution in [2.45, 2.75) is 13.8 Å². The number of hydrogen-bond donors (Lipinski definition) is 1. The van der Waals surface area contributed by atoms with Gasteiger partial charge in [-0.3, -0.25) is 0 Å². The molecule has 3 aromatic rings. The first-order chi connectivity index (χ1) is 11.8. The number of esters is 1. The molecule has 1 heterocycles. The van der Waals surface area contributed by atoms with Crippen LogP contribution in [0.3, 0.4) is 0 Å². The maximum Gasteiger partial charge on any atom is 0.340 e. The smallest absolute Gasteiger partial charge is 0.340 e. The van der Waals surface area contributed by atoms with Crippen molar-refractivity contribution in [1.29, 1.82) is 0 Å². The molecular weight excluding hydrogens is 361 g/mol. The van der Waals surface area contributed by atoms with Gasteiger partial charge in [-0.05, 0) is 43.7 Å². The number of fused-ring (bicyclic) bond motifs is 1. The quantitative estimate of drug-likeness (QED) is 0.626. The van der Waals surface area contributed by atoms with Gasteiger partial charge in [-0.15, -0.1) is 0 Å². The highest BCUT2D eigenvalue weighted by Crippen LogP contribution is 2.38. The molecule has 0 aliphatic heterocycles. The van der Waals surface area contributed by atoms with Crippen molar-refractivity contribution in [1.82, 2.24) is 4.57 Å². The van der Waals surface area contributed by atoms with Crippen LogP contribution in [0.2, 0.25) is 10.0 Å². The summed E-state index contributed by atoms with van der Waals surface area (Å²) in [6.45, 7) is 3.91. The Morgan fingerprint density at radius 3 is 2.56 bits per heavy atom. The maximum atomic E-state index is 12.3. The van der Waals surface area contributed by atoms with Crippen LogP contribution in [0.15, 0.2) is 30.3 Å². The van der Waals surface area contributed by atoms with Gasteiger partial charge in [0.25, 0.3) is 0 Å². The van der Waals surface area contributed by atoms with Crippen LogP contribution in [0.4, 0.5) is 0 Å². The van der Waals surface area contributed by atoms with Crippen molar-refractivity contribution in [3.05, 3.63) is 51.6 Å². The van der Waals surface area contributed by atoms with Crippen molar-refractivity contribution >= 4 is 40.1 Å². The Balaban J connectivity index is 2.25. The Labute approximate surface area is 155 Å². The zero-order valence-corrected chi connectivity index (χ0v) is 15.6. The SMILES string of the molecule is CCOC(=O)c1c(C)n(C)c2cc(-c3ccc(Cl)c(Cl)c3)c(O)cc12. The second-order valence-corrected chi connectivity index (χ2v) is 6.57. The minimum absolute atomic E-state index is 0.0574. The topological polar surface area (TPSA) is 51.5 Å². The number of hydrogen-bond acceptors (Lipinski definition) is 3. The number of aromatic hydroxyl groups is 1. The fourth-order valence-corrected chi connectivity index (χ4v) is 3.25. The predicted octanol–water partition coefficient (Wildman–Crippen LogP) is 5.34. The maximum absolute atomic E-state index is 12.3. The number of nitrogens with zero attached hydrogens (tertiary/aromatic N) is 1. The van der Waals surface area contributed by atoms with Crippen molar-refractivity contribution in [2.24, 2.45) is 7.05 Å². The van der Waals surface area contributed by atoms with Gasteiger partial charge in [-0.1, -0.05) is 29.3 Å². The molecule has 0 bridgehead atoms. The molecule has 0 spiro atoms. The molecule has 0 saturated heterocycles. The van der Waals surface area contributed by atoms with E-state index < -0.39 is 5.97 Å². The second kappa shape index (κ2) is 6.62. The average Bonchev–Trinajstić information content (AvgIpc) is 2.80. The minimum Gasteiger partial charge on any atom is -0.507 e. The number of phenols is 1. The van der Waals surface area contributed by atoms with E-state index in [4.69, 9.17) is 27.9 Å². The fraction of sp³-hybridized carbons (Fsp3) is 0.211. The molecule has 130 valence electrons. The summed E-state index contributed by atoms with van der Waals surface area (Å²) in [5.74, 6) is -0.339. The first kappa shape index (κ1) is 17.6. The van der Waals surface area contributed by atoms with Crippen LogP contribution in [-0.4, -0.2) is 22.2 Å². The van der Waals surface area contributed by atoms with Gasteiger partial charge in [0.05, 0.1) is 22.2 Å². The number of phenolic OH excluding ortho intramolecular Hbond substituents is 1. The molecule has 25 heavy (non-hydrogen) atoms. The number of aromatic nitrogens is 1. The molecule has 0 unspecified atom stereocenters. The van der Waals surface area contributed by atoms with Crippen LogP contribution in [0.1, 0.15) is 23.0 Å². The molecule has 0 radical (unpaired) electrons. The second-order valence-electron chi connectivity index (χ2n) is 5.76. The molecule has 1 N–H and O–H groups in total. The van der Waals surface area contributed by atoms with Gasteiger partial charge in [0.1, 0.15) is 5.75 Å². The molecule has 0 fully saturated rings. The molecular formula is C19H17Cl2NO3. The molecule has 6 heteroatoms. The molecule has 0 saturated carbocycles. The summed E-state index contributed by atoms with van der Waals surface area (Å²) in [6, 6.07) is 8.60. The Hall–Kier alpha value is -2.17. The third kappa shape index (κ3) is 2.96. The monoisotopic (exact) mass is 377 g/mol. The van der Waals surface area contributed by atoms with Crippen LogP contribution in [0, 0.1) is 6.92 Å². The number of ether oxygens (including phenoxy) is 1. The predicted molar refractivity (Wildman–Crippen MR) is 101 cm³/mol. The van der Waals surface area contributed by atoms with Crippen LogP contribution in [0.5, 0.6) is 5.75 Å². The first-order valence-corrected chi connectivity index (χ1v) is 8.55. The standard InChI is InChI=1S/C19H17Cl2NO3/c1-4-25-19(24)18-10(2)22(3)16-8-12(17(23)9-13(16)18)11-5-6-14(20)15(21)7-11/h5-9,23H,4H2,1-3H3. The number of carbonyl (C=O) groups is 1. The lowest BCUT2D eigenvalue weighted by atomic mass is 10.0. The molecule has 2 aromatic carbocycles. The van der Waals surface area contributed by atoms with E-state index in [0.717, 1.165) is 16.8 Å². The molecule has 0 amide bonds. The molecule has 4 nitrogen and oxygen atoms in total. The third-order valence-electron chi connectivity index (χ3n) is 4.32. The number of halogens is 2. The van der Waals surface area contributed by atoms with Gasteiger partial charge < -0.3 is 14.4 Å². The van der Waals surface area contributed by atoms with Crippen LogP contribution in [0.25, 0.3) is 22.0 Å². The van der Waals surface area contributed by atoms with E-state index in [1.807, 2.05) is 24.6 Å². The summed E-state index contributed by atoms with van der Waals surface area (Å²) < 4.78 is 7.05. The van der Waals surface area contributed by atoms with E-state index in [2.05, 4.69) is 0 Å². The molecule has 0 atom stereocenters. The summed E-state index contributed by atoms with van der Waals surface area (Å²) in [5.41, 5.74) is 3.42. The minimum atomic E-state index is -0.396. The Morgan fingerprint density at radius 1 is 1.20 bits per heavy atom. The van der Waals surface area contributed by atoms with E-state index in [1.165, 1.54) is 0 Å². The lowest BCUT2D eigenvalue weighted by molar-refractivity contribution is 0.0527. The number of aryl methyl sites for hydroxylation is 1. The van der Waals surface area contributed by atoms with Crippen LogP contribution in [-0.2, 0) is 11.8 Å². The highest BCUT2D eigenvalue weighted by Gasteiger charge is 2.21. The molecule has 1 aromatic heterocycles. The van der Waals surface area contributed by atoms with Crippen LogP contribution >= 0.6 is 23.2 Å². The summed E-state index contributed by atoms with van der Waals surface area (Å²) >= 11 is 12.1. The van der Waals surface area contributed by atoms with Crippen molar-refractivity contribution in [3.63, 3.8) is 0 Å². The van der Waals surface area contributed by atoms with Gasteiger partial charge >= 0.3 is 5.97 Å². The van der Waals surface area contributed by atoms with E-state index in [-0.39, 0.29) is 5.75 Å².